The van der Waals surface area contributed by atoms with E-state index in [0.29, 0.717) is 11.7 Å². The Morgan fingerprint density at radius 3 is 3.00 bits per heavy atom. The summed E-state index contributed by atoms with van der Waals surface area (Å²) >= 11 is 3.49. The average Bonchev–Trinajstić information content (AvgIpc) is 2.80. The molecule has 0 unspecified atom stereocenters. The van der Waals surface area contributed by atoms with Gasteiger partial charge in [0.1, 0.15) is 0 Å². The first kappa shape index (κ1) is 11.8. The van der Waals surface area contributed by atoms with Crippen LogP contribution in [0, 0.1) is 0 Å². The first-order valence-electron chi connectivity index (χ1n) is 6.25. The molecule has 2 aromatic heterocycles. The van der Waals surface area contributed by atoms with Crippen LogP contribution in [0.3, 0.4) is 0 Å². The van der Waals surface area contributed by atoms with Gasteiger partial charge in [-0.1, -0.05) is 15.9 Å². The van der Waals surface area contributed by atoms with Crippen LogP contribution in [0.4, 0.5) is 5.82 Å². The molecule has 96 valence electrons. The summed E-state index contributed by atoms with van der Waals surface area (Å²) in [4.78, 5) is 6.63. The quantitative estimate of drug-likeness (QED) is 0.786. The molecule has 0 aliphatic heterocycles. The van der Waals surface area contributed by atoms with Crippen LogP contribution in [-0.2, 0) is 0 Å². The SMILES string of the molecule is BrCCCN(c1cncc2nnnn12)C1CCC1. The fourth-order valence-electron chi connectivity index (χ4n) is 2.27. The van der Waals surface area contributed by atoms with Crippen LogP contribution < -0.4 is 4.90 Å². The van der Waals surface area contributed by atoms with Crippen LogP contribution in [0.5, 0.6) is 0 Å². The molecular formula is C11H15BrN6. The van der Waals surface area contributed by atoms with Crippen molar-refractivity contribution in [3.8, 4) is 0 Å². The molecule has 0 amide bonds. The Bertz CT molecular complexity index is 523. The molecule has 2 heterocycles. The van der Waals surface area contributed by atoms with Crippen molar-refractivity contribution in [3.63, 3.8) is 0 Å². The van der Waals surface area contributed by atoms with Gasteiger partial charge < -0.3 is 4.90 Å². The molecule has 18 heavy (non-hydrogen) atoms. The Morgan fingerprint density at radius 1 is 1.39 bits per heavy atom. The van der Waals surface area contributed by atoms with E-state index in [4.69, 9.17) is 0 Å². The molecule has 0 saturated heterocycles. The van der Waals surface area contributed by atoms with Crippen LogP contribution in [0.15, 0.2) is 12.4 Å². The number of tetrazole rings is 1. The summed E-state index contributed by atoms with van der Waals surface area (Å²) in [7, 11) is 0. The first-order valence-corrected chi connectivity index (χ1v) is 7.37. The van der Waals surface area contributed by atoms with Crippen molar-refractivity contribution in [3.05, 3.63) is 12.4 Å². The molecule has 3 rings (SSSR count). The number of nitrogens with zero attached hydrogens (tertiary/aromatic N) is 6. The lowest BCUT2D eigenvalue weighted by molar-refractivity contribution is 0.382. The Labute approximate surface area is 114 Å². The molecule has 1 fully saturated rings. The number of halogens is 1. The zero-order valence-corrected chi connectivity index (χ0v) is 11.6. The summed E-state index contributed by atoms with van der Waals surface area (Å²) in [6.07, 6.45) is 8.47. The molecular weight excluding hydrogens is 296 g/mol. The van der Waals surface area contributed by atoms with Gasteiger partial charge in [-0.15, -0.1) is 5.10 Å². The predicted octanol–water partition coefficient (Wildman–Crippen LogP) is 1.66. The van der Waals surface area contributed by atoms with Crippen molar-refractivity contribution in [1.82, 2.24) is 25.0 Å². The third-order valence-corrected chi connectivity index (χ3v) is 3.99. The van der Waals surface area contributed by atoms with Gasteiger partial charge in [0, 0.05) is 17.9 Å². The summed E-state index contributed by atoms with van der Waals surface area (Å²) in [5.41, 5.74) is 0.704. The third-order valence-electron chi connectivity index (χ3n) is 3.43. The Kier molecular flexibility index (Phi) is 3.40. The molecule has 0 N–H and O–H groups in total. The van der Waals surface area contributed by atoms with Gasteiger partial charge in [-0.3, -0.25) is 4.98 Å². The van der Waals surface area contributed by atoms with Crippen molar-refractivity contribution in [1.29, 1.82) is 0 Å². The van der Waals surface area contributed by atoms with E-state index in [1.807, 2.05) is 6.20 Å². The van der Waals surface area contributed by atoms with Crippen LogP contribution in [0.1, 0.15) is 25.7 Å². The Balaban J connectivity index is 1.94. The van der Waals surface area contributed by atoms with Crippen LogP contribution >= 0.6 is 15.9 Å². The summed E-state index contributed by atoms with van der Waals surface area (Å²) in [5.74, 6) is 1.00. The first-order chi connectivity index (χ1) is 8.90. The highest BCUT2D eigenvalue weighted by Gasteiger charge is 2.26. The molecule has 0 bridgehead atoms. The molecule has 0 atom stereocenters. The highest BCUT2D eigenvalue weighted by Crippen LogP contribution is 2.29. The highest BCUT2D eigenvalue weighted by molar-refractivity contribution is 9.09. The summed E-state index contributed by atoms with van der Waals surface area (Å²) < 4.78 is 1.78. The summed E-state index contributed by atoms with van der Waals surface area (Å²) in [6.45, 7) is 1.01. The van der Waals surface area contributed by atoms with Gasteiger partial charge >= 0.3 is 0 Å². The van der Waals surface area contributed by atoms with E-state index in [0.717, 1.165) is 24.1 Å². The number of fused-ring (bicyclic) bond motifs is 1. The molecule has 2 aromatic rings. The second-order valence-electron chi connectivity index (χ2n) is 4.54. The lowest BCUT2D eigenvalue weighted by Crippen LogP contribution is -2.42. The normalized spacial score (nSPS) is 15.8. The van der Waals surface area contributed by atoms with Crippen LogP contribution in [0.25, 0.3) is 5.65 Å². The van der Waals surface area contributed by atoms with Crippen molar-refractivity contribution < 1.29 is 0 Å². The van der Waals surface area contributed by atoms with E-state index in [1.165, 1.54) is 19.3 Å². The number of hydrogen-bond acceptors (Lipinski definition) is 5. The smallest absolute Gasteiger partial charge is 0.199 e. The second-order valence-corrected chi connectivity index (χ2v) is 5.33. The van der Waals surface area contributed by atoms with E-state index < -0.39 is 0 Å². The molecule has 6 nitrogen and oxygen atoms in total. The minimum absolute atomic E-state index is 0.612. The molecule has 1 aliphatic rings. The van der Waals surface area contributed by atoms with Crippen molar-refractivity contribution >= 4 is 27.4 Å². The van der Waals surface area contributed by atoms with E-state index in [1.54, 1.807) is 10.7 Å². The van der Waals surface area contributed by atoms with E-state index in [-0.39, 0.29) is 0 Å². The fourth-order valence-corrected chi connectivity index (χ4v) is 2.52. The van der Waals surface area contributed by atoms with E-state index in [2.05, 4.69) is 41.3 Å². The van der Waals surface area contributed by atoms with Gasteiger partial charge in [0.05, 0.1) is 12.4 Å². The second kappa shape index (κ2) is 5.17. The van der Waals surface area contributed by atoms with Crippen LogP contribution in [-0.4, -0.2) is 42.9 Å². The maximum Gasteiger partial charge on any atom is 0.199 e. The number of aromatic nitrogens is 5. The lowest BCUT2D eigenvalue weighted by Gasteiger charge is -2.38. The number of hydrogen-bond donors (Lipinski definition) is 0. The average molecular weight is 311 g/mol. The monoisotopic (exact) mass is 310 g/mol. The summed E-state index contributed by atoms with van der Waals surface area (Å²) in [6, 6.07) is 0.612. The molecule has 1 saturated carbocycles. The largest absolute Gasteiger partial charge is 0.352 e. The minimum Gasteiger partial charge on any atom is -0.352 e. The molecule has 7 heteroatoms. The highest BCUT2D eigenvalue weighted by atomic mass is 79.9. The molecule has 0 spiro atoms. The topological polar surface area (TPSA) is 59.2 Å². The van der Waals surface area contributed by atoms with E-state index >= 15 is 0 Å². The Hall–Kier alpha value is -1.24. The number of anilines is 1. The zero-order chi connectivity index (χ0) is 12.4. The van der Waals surface area contributed by atoms with Gasteiger partial charge in [0.2, 0.25) is 0 Å². The van der Waals surface area contributed by atoms with Gasteiger partial charge in [-0.2, -0.15) is 4.52 Å². The van der Waals surface area contributed by atoms with Gasteiger partial charge in [-0.05, 0) is 36.1 Å². The van der Waals surface area contributed by atoms with Crippen molar-refractivity contribution in [2.45, 2.75) is 31.7 Å². The maximum atomic E-state index is 4.24. The lowest BCUT2D eigenvalue weighted by atomic mass is 9.91. The van der Waals surface area contributed by atoms with Crippen molar-refractivity contribution in [2.75, 3.05) is 16.8 Å². The van der Waals surface area contributed by atoms with Gasteiger partial charge in [-0.25, -0.2) is 0 Å². The molecule has 0 aromatic carbocycles. The molecule has 1 aliphatic carbocycles. The molecule has 0 radical (unpaired) electrons. The number of alkyl halides is 1. The third kappa shape index (κ3) is 2.07. The van der Waals surface area contributed by atoms with E-state index in [9.17, 15) is 0 Å². The van der Waals surface area contributed by atoms with Gasteiger partial charge in [0.15, 0.2) is 11.5 Å². The minimum atomic E-state index is 0.612. The number of rotatable bonds is 5. The Morgan fingerprint density at radius 2 is 2.28 bits per heavy atom. The standard InChI is InChI=1S/C11H15BrN6/c12-5-2-6-17(9-3-1-4-9)11-8-13-7-10-14-15-16-18(10)11/h7-9H,1-6H2. The van der Waals surface area contributed by atoms with Crippen LogP contribution in [0.2, 0.25) is 0 Å². The fraction of sp³-hybridized carbons (Fsp3) is 0.636. The predicted molar refractivity (Wildman–Crippen MR) is 72.0 cm³/mol. The zero-order valence-electron chi connectivity index (χ0n) is 10.0. The summed E-state index contributed by atoms with van der Waals surface area (Å²) in [5, 5.41) is 12.7. The maximum absolute atomic E-state index is 4.24. The van der Waals surface area contributed by atoms with Gasteiger partial charge in [0.25, 0.3) is 0 Å². The van der Waals surface area contributed by atoms with Crippen molar-refractivity contribution in [2.24, 2.45) is 0 Å².